The third-order valence-corrected chi connectivity index (χ3v) is 4.41. The molecule has 0 heterocycles. The molecule has 24 heavy (non-hydrogen) atoms. The number of unbranched alkanes of at least 4 members (excludes halogenated alkanes) is 10. The highest BCUT2D eigenvalue weighted by atomic mass is 16.5. The second-order valence-corrected chi connectivity index (χ2v) is 6.81. The van der Waals surface area contributed by atoms with Gasteiger partial charge in [-0.25, -0.2) is 0 Å². The number of carbonyl (C=O) groups excluding carboxylic acids is 1. The van der Waals surface area contributed by atoms with Crippen molar-refractivity contribution in [1.29, 1.82) is 0 Å². The Balaban J connectivity index is 3.18. The molecule has 0 aromatic carbocycles. The van der Waals surface area contributed by atoms with E-state index in [4.69, 9.17) is 9.84 Å². The molecule has 0 aliphatic heterocycles. The van der Waals surface area contributed by atoms with Gasteiger partial charge in [-0.3, -0.25) is 4.79 Å². The standard InChI is InChI=1S/C20H40O4/c1-2-3-4-11-14-19(22)15-12-9-7-5-6-8-10-13-16-20(23)24-18-17-21/h19,21-22H,2-18H2,1H3. The fourth-order valence-corrected chi connectivity index (χ4v) is 2.89. The van der Waals surface area contributed by atoms with E-state index >= 15 is 0 Å². The fourth-order valence-electron chi connectivity index (χ4n) is 2.89. The summed E-state index contributed by atoms with van der Waals surface area (Å²) < 4.78 is 4.81. The second-order valence-electron chi connectivity index (χ2n) is 6.81. The van der Waals surface area contributed by atoms with Crippen LogP contribution in [0.1, 0.15) is 103 Å². The van der Waals surface area contributed by atoms with Crippen molar-refractivity contribution in [2.24, 2.45) is 0 Å². The second kappa shape index (κ2) is 18.7. The molecule has 0 rings (SSSR count). The molecule has 0 saturated heterocycles. The highest BCUT2D eigenvalue weighted by Gasteiger charge is 2.04. The first-order valence-electron chi connectivity index (χ1n) is 10.1. The number of esters is 1. The molecule has 2 N–H and O–H groups in total. The Bertz CT molecular complexity index is 268. The highest BCUT2D eigenvalue weighted by molar-refractivity contribution is 5.69. The highest BCUT2D eigenvalue weighted by Crippen LogP contribution is 2.14. The van der Waals surface area contributed by atoms with E-state index in [0.717, 1.165) is 32.1 Å². The average molecular weight is 345 g/mol. The zero-order valence-corrected chi connectivity index (χ0v) is 15.8. The third kappa shape index (κ3) is 17.7. The van der Waals surface area contributed by atoms with Gasteiger partial charge in [0, 0.05) is 6.42 Å². The lowest BCUT2D eigenvalue weighted by molar-refractivity contribution is -0.144. The van der Waals surface area contributed by atoms with Crippen LogP contribution in [0.25, 0.3) is 0 Å². The van der Waals surface area contributed by atoms with Crippen LogP contribution in [-0.4, -0.2) is 35.5 Å². The van der Waals surface area contributed by atoms with Gasteiger partial charge in [0.05, 0.1) is 12.7 Å². The maximum atomic E-state index is 11.2. The van der Waals surface area contributed by atoms with Crippen LogP contribution in [-0.2, 0) is 9.53 Å². The summed E-state index contributed by atoms with van der Waals surface area (Å²) in [6, 6.07) is 0. The molecular weight excluding hydrogens is 304 g/mol. The van der Waals surface area contributed by atoms with E-state index in [1.807, 2.05) is 0 Å². The van der Waals surface area contributed by atoms with Crippen LogP contribution >= 0.6 is 0 Å². The van der Waals surface area contributed by atoms with Crippen molar-refractivity contribution < 1.29 is 19.7 Å². The molecule has 0 bridgehead atoms. The SMILES string of the molecule is CCCCCCC(O)CCCCCCCCCCC(=O)OCCO. The van der Waals surface area contributed by atoms with Crippen LogP contribution < -0.4 is 0 Å². The van der Waals surface area contributed by atoms with Gasteiger partial charge in [-0.15, -0.1) is 0 Å². The first-order chi connectivity index (χ1) is 11.7. The zero-order valence-electron chi connectivity index (χ0n) is 15.8. The molecule has 0 aromatic rings. The molecule has 144 valence electrons. The van der Waals surface area contributed by atoms with Crippen molar-refractivity contribution in [1.82, 2.24) is 0 Å². The van der Waals surface area contributed by atoms with Crippen molar-refractivity contribution in [2.45, 2.75) is 109 Å². The van der Waals surface area contributed by atoms with E-state index < -0.39 is 0 Å². The van der Waals surface area contributed by atoms with E-state index in [-0.39, 0.29) is 25.3 Å². The molecule has 4 heteroatoms. The van der Waals surface area contributed by atoms with Gasteiger partial charge in [-0.2, -0.15) is 0 Å². The largest absolute Gasteiger partial charge is 0.463 e. The van der Waals surface area contributed by atoms with E-state index in [1.165, 1.54) is 57.8 Å². The van der Waals surface area contributed by atoms with E-state index in [9.17, 15) is 9.90 Å². The average Bonchev–Trinajstić information content (AvgIpc) is 2.58. The van der Waals surface area contributed by atoms with Crippen LogP contribution in [0, 0.1) is 0 Å². The Kier molecular flexibility index (Phi) is 18.2. The number of carbonyl (C=O) groups is 1. The van der Waals surface area contributed by atoms with Gasteiger partial charge in [0.25, 0.3) is 0 Å². The summed E-state index contributed by atoms with van der Waals surface area (Å²) >= 11 is 0. The number of rotatable bonds is 18. The minimum absolute atomic E-state index is 0.0903. The van der Waals surface area contributed by atoms with Crippen molar-refractivity contribution in [3.63, 3.8) is 0 Å². The molecule has 0 aliphatic rings. The number of hydrogen-bond acceptors (Lipinski definition) is 4. The smallest absolute Gasteiger partial charge is 0.305 e. The summed E-state index contributed by atoms with van der Waals surface area (Å²) in [5.74, 6) is -0.197. The fraction of sp³-hybridized carbons (Fsp3) is 0.950. The van der Waals surface area contributed by atoms with Gasteiger partial charge in [0.2, 0.25) is 0 Å². The lowest BCUT2D eigenvalue weighted by atomic mass is 10.0. The minimum Gasteiger partial charge on any atom is -0.463 e. The summed E-state index contributed by atoms with van der Waals surface area (Å²) in [6.07, 6.45) is 16.5. The molecule has 4 nitrogen and oxygen atoms in total. The number of aliphatic hydroxyl groups is 2. The number of aliphatic hydroxyl groups excluding tert-OH is 2. The Morgan fingerprint density at radius 3 is 1.88 bits per heavy atom. The molecule has 0 fully saturated rings. The summed E-state index contributed by atoms with van der Waals surface area (Å²) in [5, 5.41) is 18.4. The van der Waals surface area contributed by atoms with E-state index in [2.05, 4.69) is 6.92 Å². The van der Waals surface area contributed by atoms with Gasteiger partial charge in [0.1, 0.15) is 6.61 Å². The van der Waals surface area contributed by atoms with Crippen LogP contribution in [0.4, 0.5) is 0 Å². The summed E-state index contributed by atoms with van der Waals surface area (Å²) in [6.45, 7) is 2.23. The lowest BCUT2D eigenvalue weighted by Gasteiger charge is -2.10. The van der Waals surface area contributed by atoms with Gasteiger partial charge >= 0.3 is 5.97 Å². The Morgan fingerprint density at radius 2 is 1.33 bits per heavy atom. The summed E-state index contributed by atoms with van der Waals surface area (Å²) in [4.78, 5) is 11.2. The van der Waals surface area contributed by atoms with Crippen molar-refractivity contribution in [3.8, 4) is 0 Å². The van der Waals surface area contributed by atoms with Gasteiger partial charge in [-0.05, 0) is 19.3 Å². The van der Waals surface area contributed by atoms with Gasteiger partial charge in [-0.1, -0.05) is 77.6 Å². The topological polar surface area (TPSA) is 66.8 Å². The molecule has 1 atom stereocenters. The van der Waals surface area contributed by atoms with E-state index in [1.54, 1.807) is 0 Å². The van der Waals surface area contributed by atoms with Crippen LogP contribution in [0.2, 0.25) is 0 Å². The Hall–Kier alpha value is -0.610. The lowest BCUT2D eigenvalue weighted by Crippen LogP contribution is -2.07. The first-order valence-corrected chi connectivity index (χ1v) is 10.1. The van der Waals surface area contributed by atoms with Crippen molar-refractivity contribution in [2.75, 3.05) is 13.2 Å². The summed E-state index contributed by atoms with van der Waals surface area (Å²) in [7, 11) is 0. The molecule has 0 radical (unpaired) electrons. The maximum absolute atomic E-state index is 11.2. The Morgan fingerprint density at radius 1 is 0.833 bits per heavy atom. The van der Waals surface area contributed by atoms with Crippen molar-refractivity contribution in [3.05, 3.63) is 0 Å². The monoisotopic (exact) mass is 344 g/mol. The van der Waals surface area contributed by atoms with Crippen LogP contribution in [0.5, 0.6) is 0 Å². The third-order valence-electron chi connectivity index (χ3n) is 4.41. The zero-order chi connectivity index (χ0) is 17.9. The first kappa shape index (κ1) is 23.4. The maximum Gasteiger partial charge on any atom is 0.305 e. The van der Waals surface area contributed by atoms with Crippen LogP contribution in [0.15, 0.2) is 0 Å². The number of hydrogen-bond donors (Lipinski definition) is 2. The number of ether oxygens (including phenoxy) is 1. The molecule has 0 saturated carbocycles. The molecule has 0 aromatic heterocycles. The van der Waals surface area contributed by atoms with E-state index in [0.29, 0.717) is 6.42 Å². The molecule has 0 amide bonds. The van der Waals surface area contributed by atoms with Crippen LogP contribution in [0.3, 0.4) is 0 Å². The predicted molar refractivity (Wildman–Crippen MR) is 99.0 cm³/mol. The molecule has 0 aliphatic carbocycles. The van der Waals surface area contributed by atoms with Crippen molar-refractivity contribution >= 4 is 5.97 Å². The molecular formula is C20H40O4. The van der Waals surface area contributed by atoms with Gasteiger partial charge < -0.3 is 14.9 Å². The minimum atomic E-state index is -0.197. The molecule has 1 unspecified atom stereocenters. The van der Waals surface area contributed by atoms with Gasteiger partial charge in [0.15, 0.2) is 0 Å². The molecule has 0 spiro atoms. The predicted octanol–water partition coefficient (Wildman–Crippen LogP) is 4.75. The Labute approximate surface area is 149 Å². The normalized spacial score (nSPS) is 12.3. The summed E-state index contributed by atoms with van der Waals surface area (Å²) in [5.41, 5.74) is 0. The quantitative estimate of drug-likeness (QED) is 0.278.